The summed E-state index contributed by atoms with van der Waals surface area (Å²) in [5.41, 5.74) is 2.46. The molecule has 27 heavy (non-hydrogen) atoms. The maximum atomic E-state index is 13.2. The predicted molar refractivity (Wildman–Crippen MR) is 97.2 cm³/mol. The number of carbonyl (C=O) groups is 1. The lowest BCUT2D eigenvalue weighted by Crippen LogP contribution is -2.35. The molecule has 0 radical (unpaired) electrons. The third-order valence-corrected chi connectivity index (χ3v) is 5.73. The second kappa shape index (κ2) is 6.84. The average molecular weight is 388 g/mol. The number of hydroxylamine groups is 2. The van der Waals surface area contributed by atoms with Crippen molar-refractivity contribution in [2.24, 2.45) is 0 Å². The van der Waals surface area contributed by atoms with Crippen molar-refractivity contribution in [1.29, 1.82) is 0 Å². The van der Waals surface area contributed by atoms with Gasteiger partial charge in [-0.15, -0.1) is 0 Å². The molecule has 1 aliphatic rings. The zero-order valence-corrected chi connectivity index (χ0v) is 15.3. The van der Waals surface area contributed by atoms with Gasteiger partial charge in [-0.3, -0.25) is 10.0 Å². The quantitative estimate of drug-likeness (QED) is 0.668. The zero-order valence-electron chi connectivity index (χ0n) is 14.5. The highest BCUT2D eigenvalue weighted by Gasteiger charge is 2.29. The van der Waals surface area contributed by atoms with E-state index in [9.17, 15) is 18.6 Å². The monoisotopic (exact) mass is 388 g/mol. The number of rotatable bonds is 4. The third-order valence-electron chi connectivity index (χ3n) is 4.65. The van der Waals surface area contributed by atoms with Crippen molar-refractivity contribution in [2.75, 3.05) is 13.6 Å². The summed E-state index contributed by atoms with van der Waals surface area (Å²) in [4.78, 5) is 17.0. The first-order valence-corrected chi connectivity index (χ1v) is 9.49. The summed E-state index contributed by atoms with van der Waals surface area (Å²) in [6, 6.07) is 6.16. The Labute approximate surface area is 157 Å². The molecule has 0 aliphatic carbocycles. The highest BCUT2D eigenvalue weighted by molar-refractivity contribution is 7.83. The van der Waals surface area contributed by atoms with Gasteiger partial charge in [0, 0.05) is 18.1 Å². The topological polar surface area (TPSA) is 87.5 Å². The number of nitrogens with one attached hydrogen (secondary N) is 1. The number of fused-ring (bicyclic) bond motifs is 3. The predicted octanol–water partition coefficient (Wildman–Crippen LogP) is 1.85. The number of pyridine rings is 1. The first-order valence-electron chi connectivity index (χ1n) is 8.34. The molecule has 140 valence electrons. The lowest BCUT2D eigenvalue weighted by molar-refractivity contribution is -0.0606. The molecule has 0 saturated heterocycles. The number of nitrogens with zero attached hydrogens (tertiary/aromatic N) is 3. The van der Waals surface area contributed by atoms with Crippen molar-refractivity contribution in [1.82, 2.24) is 19.3 Å². The minimum absolute atomic E-state index is 0.154. The zero-order chi connectivity index (χ0) is 19.1. The van der Waals surface area contributed by atoms with Crippen LogP contribution in [0.3, 0.4) is 0 Å². The number of carbonyl (C=O) groups excluding carboxylic acids is 1. The Balaban J connectivity index is 1.90. The molecule has 3 heterocycles. The van der Waals surface area contributed by atoms with Crippen LogP contribution in [0.4, 0.5) is 4.39 Å². The Bertz CT molecular complexity index is 1060. The van der Waals surface area contributed by atoms with Gasteiger partial charge >= 0.3 is 0 Å². The van der Waals surface area contributed by atoms with Gasteiger partial charge in [-0.25, -0.2) is 23.4 Å². The summed E-state index contributed by atoms with van der Waals surface area (Å²) in [5, 5.41) is 11.0. The highest BCUT2D eigenvalue weighted by atomic mass is 32.2. The van der Waals surface area contributed by atoms with Gasteiger partial charge < -0.3 is 4.57 Å². The van der Waals surface area contributed by atoms with E-state index in [4.69, 9.17) is 0 Å². The summed E-state index contributed by atoms with van der Waals surface area (Å²) in [6.07, 6.45) is 3.72. The van der Waals surface area contributed by atoms with E-state index in [0.717, 1.165) is 11.1 Å². The molecule has 9 heteroatoms. The van der Waals surface area contributed by atoms with Gasteiger partial charge in [0.05, 0.1) is 23.2 Å². The van der Waals surface area contributed by atoms with Crippen molar-refractivity contribution in [2.45, 2.75) is 17.9 Å². The Hall–Kier alpha value is -2.62. The first-order chi connectivity index (χ1) is 13.0. The van der Waals surface area contributed by atoms with Gasteiger partial charge in [-0.2, -0.15) is 0 Å². The molecule has 7 nitrogen and oxygen atoms in total. The second-order valence-corrected chi connectivity index (χ2v) is 7.63. The van der Waals surface area contributed by atoms with Gasteiger partial charge in [0.25, 0.3) is 5.91 Å². The van der Waals surface area contributed by atoms with E-state index in [1.165, 1.54) is 12.1 Å². The van der Waals surface area contributed by atoms with Crippen LogP contribution in [-0.2, 0) is 24.0 Å². The summed E-state index contributed by atoms with van der Waals surface area (Å²) < 4.78 is 30.3. The smallest absolute Gasteiger partial charge is 0.296 e. The number of aromatic nitrogens is 2. The molecule has 0 saturated carbocycles. The number of benzene rings is 1. The number of halogens is 1. The molecule has 0 fully saturated rings. The molecule has 1 atom stereocenters. The van der Waals surface area contributed by atoms with Crippen LogP contribution in [0.15, 0.2) is 41.6 Å². The van der Waals surface area contributed by atoms with Crippen LogP contribution in [0, 0.1) is 5.82 Å². The minimum Gasteiger partial charge on any atom is -0.340 e. The van der Waals surface area contributed by atoms with Crippen LogP contribution in [0.2, 0.25) is 0 Å². The van der Waals surface area contributed by atoms with E-state index in [1.54, 1.807) is 31.6 Å². The molecule has 0 bridgehead atoms. The summed E-state index contributed by atoms with van der Waals surface area (Å²) >= 11 is 0. The Morgan fingerprint density at radius 1 is 1.33 bits per heavy atom. The summed E-state index contributed by atoms with van der Waals surface area (Å²) in [6.45, 7) is 0.597. The van der Waals surface area contributed by atoms with Gasteiger partial charge in [-0.1, -0.05) is 12.1 Å². The molecule has 2 aromatic heterocycles. The average Bonchev–Trinajstić information content (AvgIpc) is 3.04. The molecule has 1 aliphatic heterocycles. The van der Waals surface area contributed by atoms with Crippen LogP contribution in [-0.4, -0.2) is 43.5 Å². The number of hydrogen-bond acceptors (Lipinski definition) is 4. The third kappa shape index (κ3) is 3.03. The maximum Gasteiger partial charge on any atom is 0.296 e. The standard InChI is InChI=1S/C18H17FN4O3S/c1-20-27(26)15-10-22(9-11-2-4-12(19)5-3-11)14-8-21-17-13(16(14)15)6-7-23(25)18(17)24/h2-5,8,10,20,25H,6-7,9H2,1H3. The van der Waals surface area contributed by atoms with Crippen LogP contribution < -0.4 is 4.72 Å². The summed E-state index contributed by atoms with van der Waals surface area (Å²) in [5.74, 6) is -0.874. The van der Waals surface area contributed by atoms with Gasteiger partial charge in [-0.05, 0) is 36.7 Å². The molecule has 2 N–H and O–H groups in total. The van der Waals surface area contributed by atoms with Crippen LogP contribution in [0.25, 0.3) is 10.9 Å². The van der Waals surface area contributed by atoms with Crippen molar-refractivity contribution < 1.29 is 18.6 Å². The molecule has 0 spiro atoms. The van der Waals surface area contributed by atoms with Crippen molar-refractivity contribution in [3.05, 3.63) is 59.3 Å². The van der Waals surface area contributed by atoms with Crippen molar-refractivity contribution in [3.8, 4) is 0 Å². The van der Waals surface area contributed by atoms with Crippen molar-refractivity contribution in [3.63, 3.8) is 0 Å². The van der Waals surface area contributed by atoms with Crippen LogP contribution in [0.5, 0.6) is 0 Å². The van der Waals surface area contributed by atoms with E-state index in [-0.39, 0.29) is 18.1 Å². The largest absolute Gasteiger partial charge is 0.340 e. The molecule has 4 rings (SSSR count). The Morgan fingerprint density at radius 2 is 2.07 bits per heavy atom. The van der Waals surface area contributed by atoms with E-state index in [2.05, 4.69) is 9.71 Å². The Morgan fingerprint density at radius 3 is 2.78 bits per heavy atom. The van der Waals surface area contributed by atoms with E-state index < -0.39 is 16.9 Å². The SMILES string of the molecule is CNS(=O)c1cn(Cc2ccc(F)cc2)c2cnc3c(c12)CCN(O)C3=O. The fourth-order valence-electron chi connectivity index (χ4n) is 3.35. The van der Waals surface area contributed by atoms with Gasteiger partial charge in [0.2, 0.25) is 0 Å². The molecular weight excluding hydrogens is 371 g/mol. The normalized spacial score (nSPS) is 15.2. The molecule has 1 amide bonds. The Kier molecular flexibility index (Phi) is 4.50. The minimum atomic E-state index is -1.47. The van der Waals surface area contributed by atoms with Crippen LogP contribution >= 0.6 is 0 Å². The fourth-order valence-corrected chi connectivity index (χ4v) is 4.20. The van der Waals surface area contributed by atoms with E-state index >= 15 is 0 Å². The van der Waals surface area contributed by atoms with Gasteiger partial charge in [0.1, 0.15) is 22.5 Å². The summed E-state index contributed by atoms with van der Waals surface area (Å²) in [7, 11) is 0.121. The molecule has 1 unspecified atom stereocenters. The first kappa shape index (κ1) is 17.8. The van der Waals surface area contributed by atoms with Crippen molar-refractivity contribution >= 4 is 27.8 Å². The number of hydrogen-bond donors (Lipinski definition) is 2. The maximum absolute atomic E-state index is 13.2. The number of amides is 1. The molecule has 3 aromatic rings. The van der Waals surface area contributed by atoms with Gasteiger partial charge in [0.15, 0.2) is 0 Å². The lowest BCUT2D eigenvalue weighted by Gasteiger charge is -2.22. The second-order valence-electron chi connectivity index (χ2n) is 6.24. The fraction of sp³-hybridized carbons (Fsp3) is 0.222. The van der Waals surface area contributed by atoms with E-state index in [0.29, 0.717) is 33.9 Å². The highest BCUT2D eigenvalue weighted by Crippen LogP contribution is 2.31. The van der Waals surface area contributed by atoms with E-state index in [1.807, 2.05) is 4.57 Å². The lowest BCUT2D eigenvalue weighted by atomic mass is 10.0. The van der Waals surface area contributed by atoms with Crippen LogP contribution in [0.1, 0.15) is 21.6 Å². The molecule has 1 aromatic carbocycles. The molecular formula is C18H17FN4O3S.